The van der Waals surface area contributed by atoms with Crippen LogP contribution in [-0.4, -0.2) is 54.2 Å². The van der Waals surface area contributed by atoms with Gasteiger partial charge in [-0.05, 0) is 52.9 Å². The largest absolute Gasteiger partial charge is 0.444 e. The van der Waals surface area contributed by atoms with Crippen LogP contribution >= 0.6 is 0 Å². The Morgan fingerprint density at radius 1 is 1.15 bits per heavy atom. The van der Waals surface area contributed by atoms with E-state index < -0.39 is 5.60 Å². The van der Waals surface area contributed by atoms with E-state index in [1.54, 1.807) is 6.33 Å². The molecule has 2 saturated heterocycles. The Kier molecular flexibility index (Phi) is 3.61. The number of hydrogen-bond acceptors (Lipinski definition) is 6. The summed E-state index contributed by atoms with van der Waals surface area (Å²) in [6, 6.07) is 1.07. The second-order valence-electron chi connectivity index (χ2n) is 8.95. The minimum absolute atomic E-state index is 0.136. The summed E-state index contributed by atoms with van der Waals surface area (Å²) in [5.41, 5.74) is 1.18. The molecular weight excluding hydrogens is 344 g/mol. The number of amides is 1. The van der Waals surface area contributed by atoms with Gasteiger partial charge in [0, 0.05) is 12.1 Å². The molecule has 1 aliphatic carbocycles. The highest BCUT2D eigenvalue weighted by atomic mass is 16.6. The van der Waals surface area contributed by atoms with Gasteiger partial charge in [0.1, 0.15) is 17.4 Å². The maximum absolute atomic E-state index is 12.7. The molecule has 2 bridgehead atoms. The van der Waals surface area contributed by atoms with Crippen molar-refractivity contribution < 1.29 is 9.53 Å². The number of hydrogen-bond donors (Lipinski definition) is 1. The predicted octanol–water partition coefficient (Wildman–Crippen LogP) is 3.11. The third kappa shape index (κ3) is 2.91. The smallest absolute Gasteiger partial charge is 0.410 e. The molecule has 2 aromatic heterocycles. The summed E-state index contributed by atoms with van der Waals surface area (Å²) in [6.07, 6.45) is 8.58. The zero-order valence-corrected chi connectivity index (χ0v) is 16.1. The lowest BCUT2D eigenvalue weighted by Crippen LogP contribution is -2.40. The molecule has 1 N–H and O–H groups in total. The van der Waals surface area contributed by atoms with Crippen molar-refractivity contribution in [2.75, 3.05) is 5.32 Å². The Bertz CT molecular complexity index is 884. The molecule has 8 heteroatoms. The third-order valence-corrected chi connectivity index (χ3v) is 5.74. The molecule has 1 amide bonds. The van der Waals surface area contributed by atoms with Gasteiger partial charge in [-0.1, -0.05) is 0 Å². The summed E-state index contributed by atoms with van der Waals surface area (Å²) in [5, 5.41) is 3.44. The maximum Gasteiger partial charge on any atom is 0.410 e. The molecule has 3 fully saturated rings. The van der Waals surface area contributed by atoms with Crippen LogP contribution in [0.1, 0.15) is 58.9 Å². The topological polar surface area (TPSA) is 85.2 Å². The van der Waals surface area contributed by atoms with Crippen molar-refractivity contribution in [3.63, 3.8) is 0 Å². The molecule has 0 radical (unpaired) electrons. The Morgan fingerprint density at radius 3 is 2.70 bits per heavy atom. The van der Waals surface area contributed by atoms with E-state index in [4.69, 9.17) is 4.74 Å². The van der Waals surface area contributed by atoms with E-state index in [0.717, 1.165) is 36.2 Å². The van der Waals surface area contributed by atoms with Gasteiger partial charge in [-0.3, -0.25) is 0 Å². The first-order valence-electron chi connectivity index (χ1n) is 9.86. The SMILES string of the molecule is CC(C)(C)OC(=O)N1[C@H]2CC[C@@H]1C(n1cnc3c(NC4CC4)ncnc31)C2. The number of anilines is 1. The summed E-state index contributed by atoms with van der Waals surface area (Å²) in [5.74, 6) is 0.813. The molecule has 3 atom stereocenters. The van der Waals surface area contributed by atoms with E-state index in [1.165, 1.54) is 12.8 Å². The molecule has 1 unspecified atom stereocenters. The minimum Gasteiger partial charge on any atom is -0.444 e. The van der Waals surface area contributed by atoms with Gasteiger partial charge in [0.05, 0.1) is 18.4 Å². The average molecular weight is 370 g/mol. The maximum atomic E-state index is 12.7. The lowest BCUT2D eigenvalue weighted by atomic mass is 9.95. The van der Waals surface area contributed by atoms with Crippen LogP contribution in [0, 0.1) is 0 Å². The van der Waals surface area contributed by atoms with Gasteiger partial charge in [-0.15, -0.1) is 0 Å². The van der Waals surface area contributed by atoms with Crippen molar-refractivity contribution in [3.8, 4) is 0 Å². The Morgan fingerprint density at radius 2 is 1.96 bits per heavy atom. The summed E-state index contributed by atoms with van der Waals surface area (Å²) >= 11 is 0. The summed E-state index contributed by atoms with van der Waals surface area (Å²) in [4.78, 5) is 28.2. The van der Waals surface area contributed by atoms with Crippen molar-refractivity contribution in [2.24, 2.45) is 0 Å². The average Bonchev–Trinajstić information content (AvgIpc) is 3.05. The number of aromatic nitrogens is 4. The number of carbonyl (C=O) groups is 1. The molecule has 2 aromatic rings. The van der Waals surface area contributed by atoms with Crippen LogP contribution in [-0.2, 0) is 4.74 Å². The second-order valence-corrected chi connectivity index (χ2v) is 8.95. The monoisotopic (exact) mass is 370 g/mol. The third-order valence-electron chi connectivity index (χ3n) is 5.74. The fourth-order valence-corrected chi connectivity index (χ4v) is 4.48. The highest BCUT2D eigenvalue weighted by molar-refractivity contribution is 5.83. The van der Waals surface area contributed by atoms with Gasteiger partial charge in [-0.2, -0.15) is 0 Å². The number of ether oxygens (including phenoxy) is 1. The first-order chi connectivity index (χ1) is 12.9. The predicted molar refractivity (Wildman–Crippen MR) is 101 cm³/mol. The van der Waals surface area contributed by atoms with Crippen LogP contribution in [0.3, 0.4) is 0 Å². The van der Waals surface area contributed by atoms with Crippen LogP contribution < -0.4 is 5.32 Å². The number of imidazole rings is 1. The van der Waals surface area contributed by atoms with Gasteiger partial charge in [0.25, 0.3) is 0 Å². The molecule has 3 aliphatic rings. The van der Waals surface area contributed by atoms with Crippen LogP contribution in [0.25, 0.3) is 11.2 Å². The molecule has 5 rings (SSSR count). The highest BCUT2D eigenvalue weighted by Gasteiger charge is 2.51. The first kappa shape index (κ1) is 16.8. The van der Waals surface area contributed by atoms with E-state index in [-0.39, 0.29) is 24.2 Å². The lowest BCUT2D eigenvalue weighted by Gasteiger charge is -2.28. The molecule has 1 saturated carbocycles. The Balaban J connectivity index is 1.43. The number of nitrogens with zero attached hydrogens (tertiary/aromatic N) is 5. The van der Waals surface area contributed by atoms with E-state index in [2.05, 4.69) is 24.8 Å². The normalized spacial score (nSPS) is 27.4. The highest BCUT2D eigenvalue weighted by Crippen LogP contribution is 2.45. The number of carbonyl (C=O) groups excluding carboxylic acids is 1. The van der Waals surface area contributed by atoms with Crippen LogP contribution in [0.4, 0.5) is 10.6 Å². The summed E-state index contributed by atoms with van der Waals surface area (Å²) < 4.78 is 7.79. The zero-order chi connectivity index (χ0) is 18.8. The summed E-state index contributed by atoms with van der Waals surface area (Å²) in [7, 11) is 0. The van der Waals surface area contributed by atoms with Crippen LogP contribution in [0.5, 0.6) is 0 Å². The fourth-order valence-electron chi connectivity index (χ4n) is 4.48. The number of rotatable bonds is 3. The molecule has 144 valence electrons. The lowest BCUT2D eigenvalue weighted by molar-refractivity contribution is 0.0207. The quantitative estimate of drug-likeness (QED) is 0.893. The van der Waals surface area contributed by atoms with Gasteiger partial charge in [0.15, 0.2) is 11.5 Å². The van der Waals surface area contributed by atoms with Crippen molar-refractivity contribution in [1.82, 2.24) is 24.4 Å². The zero-order valence-electron chi connectivity index (χ0n) is 16.1. The van der Waals surface area contributed by atoms with Crippen molar-refractivity contribution in [2.45, 2.75) is 82.6 Å². The molecule has 0 spiro atoms. The summed E-state index contributed by atoms with van der Waals surface area (Å²) in [6.45, 7) is 5.74. The number of fused-ring (bicyclic) bond motifs is 3. The molecular formula is C19H26N6O2. The van der Waals surface area contributed by atoms with Crippen LogP contribution in [0.2, 0.25) is 0 Å². The molecule has 0 aromatic carbocycles. The molecule has 27 heavy (non-hydrogen) atoms. The van der Waals surface area contributed by atoms with E-state index in [9.17, 15) is 4.79 Å². The Labute approximate surface area is 158 Å². The molecule has 2 aliphatic heterocycles. The molecule has 4 heterocycles. The van der Waals surface area contributed by atoms with E-state index in [1.807, 2.05) is 32.0 Å². The standard InChI is InChI=1S/C19H26N6O2/c1-19(2,3)27-18(26)25-12-6-7-13(25)14(8-12)24-10-22-15-16(23-11-4-5-11)20-9-21-17(15)24/h9-14H,4-8H2,1-3H3,(H,20,21,23)/t12-,13+,14?/m0/s1. The van der Waals surface area contributed by atoms with E-state index in [0.29, 0.717) is 6.04 Å². The van der Waals surface area contributed by atoms with Gasteiger partial charge < -0.3 is 19.5 Å². The van der Waals surface area contributed by atoms with Crippen molar-refractivity contribution >= 4 is 23.1 Å². The van der Waals surface area contributed by atoms with Crippen LogP contribution in [0.15, 0.2) is 12.7 Å². The number of nitrogens with one attached hydrogen (secondary N) is 1. The van der Waals surface area contributed by atoms with Crippen molar-refractivity contribution in [3.05, 3.63) is 12.7 Å². The second kappa shape index (κ2) is 5.81. The van der Waals surface area contributed by atoms with Crippen molar-refractivity contribution in [1.29, 1.82) is 0 Å². The van der Waals surface area contributed by atoms with Gasteiger partial charge in [0.2, 0.25) is 0 Å². The fraction of sp³-hybridized carbons (Fsp3) is 0.684. The van der Waals surface area contributed by atoms with Gasteiger partial charge >= 0.3 is 6.09 Å². The minimum atomic E-state index is -0.479. The Hall–Kier alpha value is -2.38. The molecule has 8 nitrogen and oxygen atoms in total. The first-order valence-corrected chi connectivity index (χ1v) is 9.86. The van der Waals surface area contributed by atoms with Gasteiger partial charge in [-0.25, -0.2) is 19.7 Å². The van der Waals surface area contributed by atoms with E-state index >= 15 is 0 Å².